The number of aryl methyl sites for hydroxylation is 1. The number of ether oxygens (including phenoxy) is 1. The molecule has 6 rings (SSSR count). The third-order valence-corrected chi connectivity index (χ3v) is 9.09. The van der Waals surface area contributed by atoms with Gasteiger partial charge in [-0.1, -0.05) is 12.6 Å². The summed E-state index contributed by atoms with van der Waals surface area (Å²) in [5.41, 5.74) is 7.04. The van der Waals surface area contributed by atoms with E-state index in [2.05, 4.69) is 59.7 Å². The highest BCUT2D eigenvalue weighted by atomic mass is 16.5. The van der Waals surface area contributed by atoms with Crippen LogP contribution in [0.5, 0.6) is 6.01 Å². The van der Waals surface area contributed by atoms with Gasteiger partial charge in [-0.15, -0.1) is 0 Å². The van der Waals surface area contributed by atoms with Gasteiger partial charge in [-0.3, -0.25) is 14.8 Å². The van der Waals surface area contributed by atoms with E-state index < -0.39 is 0 Å². The van der Waals surface area contributed by atoms with Gasteiger partial charge in [-0.25, -0.2) is 0 Å². The van der Waals surface area contributed by atoms with Gasteiger partial charge in [0.05, 0.1) is 23.1 Å². The minimum absolute atomic E-state index is 0.00856. The Labute approximate surface area is 230 Å². The van der Waals surface area contributed by atoms with Gasteiger partial charge in [-0.2, -0.15) is 15.1 Å². The van der Waals surface area contributed by atoms with Gasteiger partial charge in [0.1, 0.15) is 6.61 Å². The molecule has 39 heavy (non-hydrogen) atoms. The van der Waals surface area contributed by atoms with Crippen molar-refractivity contribution in [1.82, 2.24) is 34.9 Å². The highest BCUT2D eigenvalue weighted by molar-refractivity contribution is 5.87. The van der Waals surface area contributed by atoms with Gasteiger partial charge in [-0.05, 0) is 76.5 Å². The third kappa shape index (κ3) is 4.94. The molecule has 1 aromatic carbocycles. The van der Waals surface area contributed by atoms with Crippen LogP contribution in [0, 0.1) is 6.92 Å². The number of fused-ring (bicyclic) bond motifs is 2. The zero-order valence-corrected chi connectivity index (χ0v) is 23.3. The number of hydrogen-bond donors (Lipinski definition) is 1. The molecule has 9 nitrogen and oxygen atoms in total. The normalized spacial score (nSPS) is 22.8. The lowest BCUT2D eigenvalue weighted by molar-refractivity contribution is -0.127. The lowest BCUT2D eigenvalue weighted by Gasteiger charge is -2.38. The average molecular weight is 530 g/mol. The fraction of sp³-hybridized carbons (Fsp3) is 0.533. The van der Waals surface area contributed by atoms with Gasteiger partial charge < -0.3 is 14.5 Å². The molecule has 0 bridgehead atoms. The third-order valence-electron chi connectivity index (χ3n) is 9.09. The van der Waals surface area contributed by atoms with E-state index in [4.69, 9.17) is 14.7 Å². The van der Waals surface area contributed by atoms with Crippen molar-refractivity contribution in [1.29, 1.82) is 0 Å². The second-order valence-electron chi connectivity index (χ2n) is 11.5. The number of aromatic amines is 1. The molecule has 2 atom stereocenters. The molecule has 9 heteroatoms. The molecular formula is C30H39N7O2. The number of carbonyl (C=O) groups is 1. The summed E-state index contributed by atoms with van der Waals surface area (Å²) in [7, 11) is 4.36. The van der Waals surface area contributed by atoms with Crippen molar-refractivity contribution >= 4 is 16.8 Å². The fourth-order valence-corrected chi connectivity index (χ4v) is 6.74. The van der Waals surface area contributed by atoms with Gasteiger partial charge in [0.25, 0.3) is 0 Å². The number of carbonyl (C=O) groups excluding carboxylic acids is 1. The Kier molecular flexibility index (Phi) is 7.12. The summed E-state index contributed by atoms with van der Waals surface area (Å²) in [5.74, 6) is 0.283. The van der Waals surface area contributed by atoms with Crippen LogP contribution in [0.15, 0.2) is 31.0 Å². The molecule has 3 aromatic rings. The zero-order chi connectivity index (χ0) is 27.1. The lowest BCUT2D eigenvalue weighted by atomic mass is 9.85. The molecular weight excluding hydrogens is 490 g/mol. The highest BCUT2D eigenvalue weighted by Crippen LogP contribution is 2.40. The number of piperidine rings is 1. The van der Waals surface area contributed by atoms with E-state index in [0.717, 1.165) is 68.8 Å². The van der Waals surface area contributed by atoms with Crippen molar-refractivity contribution < 1.29 is 9.53 Å². The molecule has 2 aromatic heterocycles. The molecule has 3 aliphatic rings. The molecule has 2 fully saturated rings. The number of nitrogens with zero attached hydrogens (tertiary/aromatic N) is 6. The van der Waals surface area contributed by atoms with Crippen LogP contribution in [0.2, 0.25) is 0 Å². The molecule has 1 N–H and O–H groups in total. The van der Waals surface area contributed by atoms with Gasteiger partial charge in [0, 0.05) is 55.0 Å². The summed E-state index contributed by atoms with van der Waals surface area (Å²) in [4.78, 5) is 29.0. The summed E-state index contributed by atoms with van der Waals surface area (Å²) in [6.45, 7) is 9.78. The first-order valence-corrected chi connectivity index (χ1v) is 14.2. The number of aromatic nitrogens is 4. The van der Waals surface area contributed by atoms with Crippen LogP contribution in [0.1, 0.15) is 65.7 Å². The Balaban J connectivity index is 1.34. The Hall–Kier alpha value is -3.30. The van der Waals surface area contributed by atoms with E-state index in [9.17, 15) is 4.79 Å². The SMILES string of the molecule is C=CC(=O)N1CCC(c2nc(OC[C@@H]3CCCN3C)nc3c2CN(C)C(c2c(C)ccc4[nH]ncc24)C3)CC1. The first kappa shape index (κ1) is 26.0. The first-order chi connectivity index (χ1) is 18.9. The Bertz CT molecular complexity index is 1380. The minimum Gasteiger partial charge on any atom is -0.462 e. The van der Waals surface area contributed by atoms with Gasteiger partial charge in [0.15, 0.2) is 0 Å². The average Bonchev–Trinajstić information content (AvgIpc) is 3.59. The Morgan fingerprint density at radius 2 is 1.97 bits per heavy atom. The van der Waals surface area contributed by atoms with Gasteiger partial charge >= 0.3 is 6.01 Å². The number of hydrogen-bond acceptors (Lipinski definition) is 7. The highest BCUT2D eigenvalue weighted by Gasteiger charge is 2.34. The quantitative estimate of drug-likeness (QED) is 0.487. The molecule has 0 saturated carbocycles. The molecule has 0 aliphatic carbocycles. The molecule has 1 unspecified atom stereocenters. The van der Waals surface area contributed by atoms with Crippen LogP contribution in [-0.2, 0) is 17.8 Å². The van der Waals surface area contributed by atoms with Gasteiger partial charge in [0.2, 0.25) is 5.91 Å². The van der Waals surface area contributed by atoms with Crippen molar-refractivity contribution in [2.75, 3.05) is 40.3 Å². The predicted molar refractivity (Wildman–Crippen MR) is 151 cm³/mol. The van der Waals surface area contributed by atoms with Crippen LogP contribution in [0.4, 0.5) is 0 Å². The summed E-state index contributed by atoms with van der Waals surface area (Å²) in [6, 6.07) is 5.36. The number of benzene rings is 1. The van der Waals surface area contributed by atoms with Crippen LogP contribution in [0.25, 0.3) is 10.9 Å². The summed E-state index contributed by atoms with van der Waals surface area (Å²) >= 11 is 0. The summed E-state index contributed by atoms with van der Waals surface area (Å²) in [5, 5.41) is 8.62. The first-order valence-electron chi connectivity index (χ1n) is 14.2. The van der Waals surface area contributed by atoms with Crippen LogP contribution in [0.3, 0.4) is 0 Å². The second-order valence-corrected chi connectivity index (χ2v) is 11.5. The van der Waals surface area contributed by atoms with Crippen molar-refractivity contribution in [2.45, 2.75) is 63.6 Å². The summed E-state index contributed by atoms with van der Waals surface area (Å²) in [6.07, 6.45) is 8.26. The predicted octanol–water partition coefficient (Wildman–Crippen LogP) is 3.76. The largest absolute Gasteiger partial charge is 0.462 e. The molecule has 0 spiro atoms. The van der Waals surface area contributed by atoms with Crippen LogP contribution < -0.4 is 4.74 Å². The number of amides is 1. The number of nitrogens with one attached hydrogen (secondary N) is 1. The Morgan fingerprint density at radius 1 is 1.15 bits per heavy atom. The second kappa shape index (κ2) is 10.7. The van der Waals surface area contributed by atoms with E-state index in [1.807, 2.05) is 11.1 Å². The van der Waals surface area contributed by atoms with E-state index >= 15 is 0 Å². The molecule has 206 valence electrons. The lowest BCUT2D eigenvalue weighted by Crippen LogP contribution is -2.38. The fourth-order valence-electron chi connectivity index (χ4n) is 6.74. The monoisotopic (exact) mass is 529 g/mol. The minimum atomic E-state index is 0.00856. The molecule has 3 aliphatic heterocycles. The van der Waals surface area contributed by atoms with Crippen molar-refractivity contribution in [3.05, 3.63) is 59.1 Å². The van der Waals surface area contributed by atoms with E-state index in [0.29, 0.717) is 18.7 Å². The molecule has 2 saturated heterocycles. The number of likely N-dealkylation sites (tertiary alicyclic amines) is 2. The van der Waals surface area contributed by atoms with Crippen molar-refractivity contribution in [3.8, 4) is 6.01 Å². The van der Waals surface area contributed by atoms with Crippen molar-refractivity contribution in [3.63, 3.8) is 0 Å². The molecule has 1 amide bonds. The maximum atomic E-state index is 12.2. The topological polar surface area (TPSA) is 90.5 Å². The zero-order valence-electron chi connectivity index (χ0n) is 23.3. The molecule has 0 radical (unpaired) electrons. The number of rotatable bonds is 6. The Morgan fingerprint density at radius 3 is 2.72 bits per heavy atom. The van der Waals surface area contributed by atoms with E-state index in [1.54, 1.807) is 0 Å². The van der Waals surface area contributed by atoms with Crippen molar-refractivity contribution in [2.24, 2.45) is 0 Å². The van der Waals surface area contributed by atoms with E-state index in [-0.39, 0.29) is 17.9 Å². The standard InChI is InChI=1S/C30H39N7O2/c1-5-27(38)37-13-10-20(11-14-37)29-23-17-36(4)26(28-19(2)8-9-24-22(28)16-31-34-24)15-25(23)32-30(33-29)39-18-21-7-6-12-35(21)3/h5,8-9,16,20-21,26H,1,6-7,10-15,17-18H2,2-4H3,(H,31,34)/t21-,26?/m0/s1. The summed E-state index contributed by atoms with van der Waals surface area (Å²) < 4.78 is 6.31. The molecule has 5 heterocycles. The van der Waals surface area contributed by atoms with Crippen LogP contribution >= 0.6 is 0 Å². The van der Waals surface area contributed by atoms with Crippen LogP contribution in [-0.4, -0.2) is 87.2 Å². The maximum Gasteiger partial charge on any atom is 0.316 e. The van der Waals surface area contributed by atoms with E-state index in [1.165, 1.54) is 34.6 Å². The smallest absolute Gasteiger partial charge is 0.316 e. The number of H-pyrrole nitrogens is 1. The maximum absolute atomic E-state index is 12.2. The number of likely N-dealkylation sites (N-methyl/N-ethyl adjacent to an activating group) is 2.